The molecule has 6 nitrogen and oxygen atoms in total. The van der Waals surface area contributed by atoms with Crippen LogP contribution in [0.2, 0.25) is 0 Å². The van der Waals surface area contributed by atoms with Gasteiger partial charge in [-0.2, -0.15) is 0 Å². The number of nitrogens with zero attached hydrogens (tertiary/aromatic N) is 3. The summed E-state index contributed by atoms with van der Waals surface area (Å²) in [6, 6.07) is 4.34. The molecule has 1 unspecified atom stereocenters. The normalized spacial score (nSPS) is 21.5. The van der Waals surface area contributed by atoms with Gasteiger partial charge in [0, 0.05) is 26.7 Å². The van der Waals surface area contributed by atoms with E-state index in [-0.39, 0.29) is 6.04 Å². The Balaban J connectivity index is 1.44. The molecule has 0 aromatic carbocycles. The van der Waals surface area contributed by atoms with Crippen LogP contribution in [-0.4, -0.2) is 68.6 Å². The molecular weight excluding hydrogens is 326 g/mol. The quantitative estimate of drug-likeness (QED) is 0.577. The van der Waals surface area contributed by atoms with Crippen molar-refractivity contribution in [1.29, 1.82) is 0 Å². The Kier molecular flexibility index (Phi) is 7.83. The first-order valence-electron chi connectivity index (χ1n) is 10.3. The zero-order valence-corrected chi connectivity index (χ0v) is 16.3. The molecule has 1 aromatic rings. The number of guanidine groups is 1. The highest BCUT2D eigenvalue weighted by Crippen LogP contribution is 2.24. The smallest absolute Gasteiger partial charge is 0.191 e. The maximum atomic E-state index is 5.70. The van der Waals surface area contributed by atoms with E-state index in [9.17, 15) is 0 Å². The molecule has 0 amide bonds. The molecule has 3 rings (SSSR count). The molecule has 0 saturated carbocycles. The number of rotatable bonds is 7. The van der Waals surface area contributed by atoms with Crippen LogP contribution >= 0.6 is 0 Å². The number of likely N-dealkylation sites (tertiary alicyclic amines) is 2. The van der Waals surface area contributed by atoms with Gasteiger partial charge in [0.15, 0.2) is 5.96 Å². The van der Waals surface area contributed by atoms with E-state index in [1.165, 1.54) is 51.6 Å². The van der Waals surface area contributed by atoms with Crippen LogP contribution in [0.25, 0.3) is 0 Å². The molecule has 0 bridgehead atoms. The fourth-order valence-corrected chi connectivity index (χ4v) is 4.05. The average Bonchev–Trinajstić information content (AvgIpc) is 3.32. The maximum absolute atomic E-state index is 5.70. The molecule has 2 aliphatic heterocycles. The minimum atomic E-state index is 0.275. The van der Waals surface area contributed by atoms with Crippen molar-refractivity contribution in [3.05, 3.63) is 24.2 Å². The lowest BCUT2D eigenvalue weighted by Gasteiger charge is -2.27. The van der Waals surface area contributed by atoms with E-state index in [1.54, 1.807) is 6.26 Å². The summed E-state index contributed by atoms with van der Waals surface area (Å²) in [4.78, 5) is 9.48. The van der Waals surface area contributed by atoms with Gasteiger partial charge in [-0.1, -0.05) is 12.8 Å². The highest BCUT2D eigenvalue weighted by molar-refractivity contribution is 5.79. The summed E-state index contributed by atoms with van der Waals surface area (Å²) >= 11 is 0. The van der Waals surface area contributed by atoms with Crippen molar-refractivity contribution in [2.75, 3.05) is 52.9 Å². The van der Waals surface area contributed by atoms with Crippen LogP contribution in [0.4, 0.5) is 0 Å². The standard InChI is InChI=1S/C20H35N5O/c1-21-20(22-10-15-24-11-4-2-3-5-12-24)23-17-18(19-9-8-16-26-19)25-13-6-7-14-25/h8-9,16,18H,2-7,10-15,17H2,1H3,(H2,21,22,23). The number of nitrogens with one attached hydrogen (secondary N) is 2. The van der Waals surface area contributed by atoms with Gasteiger partial charge in [0.05, 0.1) is 12.3 Å². The van der Waals surface area contributed by atoms with Crippen molar-refractivity contribution in [3.8, 4) is 0 Å². The van der Waals surface area contributed by atoms with Crippen LogP contribution in [0.1, 0.15) is 50.3 Å². The minimum Gasteiger partial charge on any atom is -0.468 e. The first-order chi connectivity index (χ1) is 12.9. The summed E-state index contributed by atoms with van der Waals surface area (Å²) in [6.45, 7) is 7.62. The van der Waals surface area contributed by atoms with Gasteiger partial charge >= 0.3 is 0 Å². The molecule has 6 heteroatoms. The summed E-state index contributed by atoms with van der Waals surface area (Å²) in [5, 5.41) is 6.98. The van der Waals surface area contributed by atoms with E-state index < -0.39 is 0 Å². The molecule has 0 radical (unpaired) electrons. The topological polar surface area (TPSA) is 56.0 Å². The predicted octanol–water partition coefficient (Wildman–Crippen LogP) is 2.46. The van der Waals surface area contributed by atoms with E-state index in [2.05, 4.69) is 31.5 Å². The third kappa shape index (κ3) is 5.74. The molecule has 2 fully saturated rings. The predicted molar refractivity (Wildman–Crippen MR) is 107 cm³/mol. The Morgan fingerprint density at radius 3 is 2.46 bits per heavy atom. The Hall–Kier alpha value is -1.53. The number of aliphatic imine (C=N–C) groups is 1. The second kappa shape index (κ2) is 10.6. The van der Waals surface area contributed by atoms with Gasteiger partial charge < -0.3 is 20.0 Å². The molecule has 1 aromatic heterocycles. The zero-order valence-electron chi connectivity index (χ0n) is 16.3. The molecule has 26 heavy (non-hydrogen) atoms. The summed E-state index contributed by atoms with van der Waals surface area (Å²) < 4.78 is 5.70. The fraction of sp³-hybridized carbons (Fsp3) is 0.750. The zero-order chi connectivity index (χ0) is 18.0. The molecule has 146 valence electrons. The van der Waals surface area contributed by atoms with Gasteiger partial charge in [-0.25, -0.2) is 0 Å². The van der Waals surface area contributed by atoms with Crippen LogP contribution < -0.4 is 10.6 Å². The summed E-state index contributed by atoms with van der Waals surface area (Å²) in [6.07, 6.45) is 9.78. The van der Waals surface area contributed by atoms with Gasteiger partial charge in [0.2, 0.25) is 0 Å². The Morgan fingerprint density at radius 2 is 1.81 bits per heavy atom. The molecular formula is C20H35N5O. The van der Waals surface area contributed by atoms with E-state index in [0.29, 0.717) is 0 Å². The third-order valence-corrected chi connectivity index (χ3v) is 5.56. The van der Waals surface area contributed by atoms with Crippen LogP contribution in [-0.2, 0) is 0 Å². The Morgan fingerprint density at radius 1 is 1.08 bits per heavy atom. The van der Waals surface area contributed by atoms with Gasteiger partial charge in [0.25, 0.3) is 0 Å². The van der Waals surface area contributed by atoms with Gasteiger partial charge in [-0.05, 0) is 64.0 Å². The van der Waals surface area contributed by atoms with Crippen molar-refractivity contribution in [3.63, 3.8) is 0 Å². The lowest BCUT2D eigenvalue weighted by molar-refractivity contribution is 0.215. The first-order valence-corrected chi connectivity index (χ1v) is 10.3. The van der Waals surface area contributed by atoms with Crippen molar-refractivity contribution in [1.82, 2.24) is 20.4 Å². The second-order valence-corrected chi connectivity index (χ2v) is 7.41. The average molecular weight is 362 g/mol. The Labute approximate surface area is 158 Å². The van der Waals surface area contributed by atoms with E-state index in [1.807, 2.05) is 13.1 Å². The summed E-state index contributed by atoms with van der Waals surface area (Å²) in [5.41, 5.74) is 0. The molecule has 2 N–H and O–H groups in total. The second-order valence-electron chi connectivity index (χ2n) is 7.41. The SMILES string of the molecule is CN=C(NCCN1CCCCCC1)NCC(c1ccco1)N1CCCC1. The van der Waals surface area contributed by atoms with Crippen LogP contribution in [0.15, 0.2) is 27.8 Å². The Bertz CT molecular complexity index is 516. The van der Waals surface area contributed by atoms with Gasteiger partial charge in [-0.15, -0.1) is 0 Å². The molecule has 1 atom stereocenters. The van der Waals surface area contributed by atoms with Crippen molar-refractivity contribution < 1.29 is 4.42 Å². The highest BCUT2D eigenvalue weighted by atomic mass is 16.3. The monoisotopic (exact) mass is 361 g/mol. The largest absolute Gasteiger partial charge is 0.468 e. The molecule has 2 saturated heterocycles. The van der Waals surface area contributed by atoms with E-state index in [0.717, 1.165) is 44.4 Å². The fourth-order valence-electron chi connectivity index (χ4n) is 4.05. The number of furan rings is 1. The third-order valence-electron chi connectivity index (χ3n) is 5.56. The number of hydrogen-bond acceptors (Lipinski definition) is 4. The maximum Gasteiger partial charge on any atom is 0.191 e. The van der Waals surface area contributed by atoms with E-state index in [4.69, 9.17) is 4.42 Å². The molecule has 2 aliphatic rings. The molecule has 0 aliphatic carbocycles. The lowest BCUT2D eigenvalue weighted by atomic mass is 10.2. The lowest BCUT2D eigenvalue weighted by Crippen LogP contribution is -2.44. The van der Waals surface area contributed by atoms with Crippen molar-refractivity contribution in [2.45, 2.75) is 44.6 Å². The van der Waals surface area contributed by atoms with Crippen molar-refractivity contribution in [2.24, 2.45) is 4.99 Å². The van der Waals surface area contributed by atoms with E-state index >= 15 is 0 Å². The molecule has 0 spiro atoms. The highest BCUT2D eigenvalue weighted by Gasteiger charge is 2.25. The molecule has 3 heterocycles. The first kappa shape index (κ1) is 19.2. The van der Waals surface area contributed by atoms with Crippen LogP contribution in [0.3, 0.4) is 0 Å². The number of hydrogen-bond donors (Lipinski definition) is 2. The van der Waals surface area contributed by atoms with Gasteiger partial charge in [0.1, 0.15) is 5.76 Å². The van der Waals surface area contributed by atoms with Crippen LogP contribution in [0, 0.1) is 0 Å². The summed E-state index contributed by atoms with van der Waals surface area (Å²) in [5.74, 6) is 1.93. The van der Waals surface area contributed by atoms with Crippen LogP contribution in [0.5, 0.6) is 0 Å². The van der Waals surface area contributed by atoms with Gasteiger partial charge in [-0.3, -0.25) is 9.89 Å². The minimum absolute atomic E-state index is 0.275. The van der Waals surface area contributed by atoms with Crippen molar-refractivity contribution >= 4 is 5.96 Å². The summed E-state index contributed by atoms with van der Waals surface area (Å²) in [7, 11) is 1.85.